The topological polar surface area (TPSA) is 48.4 Å². The molecule has 4 nitrogen and oxygen atoms in total. The number of carbonyl (C=O) groups is 1. The Labute approximate surface area is 102 Å². The third-order valence-corrected chi connectivity index (χ3v) is 2.45. The van der Waals surface area contributed by atoms with Crippen LogP contribution in [0.15, 0.2) is 18.3 Å². The highest BCUT2D eigenvalue weighted by atomic mass is 16.5. The first kappa shape index (κ1) is 13.5. The summed E-state index contributed by atoms with van der Waals surface area (Å²) >= 11 is 0. The molecule has 94 valence electrons. The largest absolute Gasteiger partial charge is 0.492 e. The zero-order chi connectivity index (χ0) is 12.7. The van der Waals surface area contributed by atoms with E-state index >= 15 is 0 Å². The minimum Gasteiger partial charge on any atom is -0.492 e. The zero-order valence-corrected chi connectivity index (χ0v) is 10.6. The highest BCUT2D eigenvalue weighted by Gasteiger charge is 2.07. The monoisotopic (exact) mass is 237 g/mol. The molecule has 0 N–H and O–H groups in total. The number of esters is 1. The number of ether oxygens (including phenoxy) is 2. The van der Waals surface area contributed by atoms with Gasteiger partial charge in [0.1, 0.15) is 11.4 Å². The van der Waals surface area contributed by atoms with Crippen LogP contribution in [0.3, 0.4) is 0 Å². The summed E-state index contributed by atoms with van der Waals surface area (Å²) in [7, 11) is 1.33. The fraction of sp³-hybridized carbons (Fsp3) is 0.538. The van der Waals surface area contributed by atoms with Crippen molar-refractivity contribution in [1.82, 2.24) is 4.98 Å². The second kappa shape index (κ2) is 6.89. The van der Waals surface area contributed by atoms with Crippen molar-refractivity contribution in [2.24, 2.45) is 5.92 Å². The van der Waals surface area contributed by atoms with Gasteiger partial charge in [0.25, 0.3) is 0 Å². The fourth-order valence-electron chi connectivity index (χ4n) is 1.51. The van der Waals surface area contributed by atoms with Crippen LogP contribution in [-0.4, -0.2) is 24.7 Å². The van der Waals surface area contributed by atoms with Crippen LogP contribution in [0.1, 0.15) is 37.2 Å². The number of hydrogen-bond donors (Lipinski definition) is 0. The van der Waals surface area contributed by atoms with Gasteiger partial charge < -0.3 is 9.47 Å². The van der Waals surface area contributed by atoms with Crippen molar-refractivity contribution in [3.63, 3.8) is 0 Å². The van der Waals surface area contributed by atoms with Gasteiger partial charge in [-0.1, -0.05) is 20.3 Å². The number of rotatable bonds is 6. The first-order valence-electron chi connectivity index (χ1n) is 5.84. The Balaban J connectivity index is 2.48. The molecule has 0 aliphatic heterocycles. The quantitative estimate of drug-likeness (QED) is 0.714. The second-order valence-electron chi connectivity index (χ2n) is 4.08. The summed E-state index contributed by atoms with van der Waals surface area (Å²) in [5.41, 5.74) is 0.293. The molecule has 1 atom stereocenters. The normalized spacial score (nSPS) is 11.9. The number of carbonyl (C=O) groups excluding carboxylic acids is 1. The summed E-state index contributed by atoms with van der Waals surface area (Å²) in [5.74, 6) is 0.775. The molecule has 0 aliphatic rings. The lowest BCUT2D eigenvalue weighted by molar-refractivity contribution is 0.0594. The van der Waals surface area contributed by atoms with Crippen LogP contribution in [0.5, 0.6) is 5.75 Å². The van der Waals surface area contributed by atoms with E-state index in [9.17, 15) is 4.79 Å². The SMILES string of the molecule is CCCC(C)COc1ccc(C(=O)OC)nc1. The maximum Gasteiger partial charge on any atom is 0.356 e. The van der Waals surface area contributed by atoms with E-state index in [1.54, 1.807) is 18.3 Å². The smallest absolute Gasteiger partial charge is 0.356 e. The highest BCUT2D eigenvalue weighted by Crippen LogP contribution is 2.13. The molecule has 0 saturated carbocycles. The van der Waals surface area contributed by atoms with E-state index in [2.05, 4.69) is 23.6 Å². The van der Waals surface area contributed by atoms with Crippen molar-refractivity contribution in [2.75, 3.05) is 13.7 Å². The van der Waals surface area contributed by atoms with Crippen LogP contribution in [0.25, 0.3) is 0 Å². The van der Waals surface area contributed by atoms with E-state index in [1.165, 1.54) is 7.11 Å². The summed E-state index contributed by atoms with van der Waals surface area (Å²) in [6.07, 6.45) is 3.85. The average molecular weight is 237 g/mol. The maximum atomic E-state index is 11.2. The van der Waals surface area contributed by atoms with Gasteiger partial charge in [0.2, 0.25) is 0 Å². The summed E-state index contributed by atoms with van der Waals surface area (Å²) in [6.45, 7) is 4.98. The van der Waals surface area contributed by atoms with Crippen molar-refractivity contribution in [1.29, 1.82) is 0 Å². The van der Waals surface area contributed by atoms with Gasteiger partial charge in [-0.25, -0.2) is 9.78 Å². The molecule has 17 heavy (non-hydrogen) atoms. The van der Waals surface area contributed by atoms with E-state index in [1.807, 2.05) is 0 Å². The Hall–Kier alpha value is -1.58. The number of methoxy groups -OCH3 is 1. The van der Waals surface area contributed by atoms with Gasteiger partial charge in [-0.2, -0.15) is 0 Å². The van der Waals surface area contributed by atoms with Crippen LogP contribution < -0.4 is 4.74 Å². The van der Waals surface area contributed by atoms with Gasteiger partial charge in [0.05, 0.1) is 19.9 Å². The lowest BCUT2D eigenvalue weighted by Crippen LogP contribution is -2.09. The first-order chi connectivity index (χ1) is 8.17. The molecule has 0 amide bonds. The highest BCUT2D eigenvalue weighted by molar-refractivity contribution is 5.87. The van der Waals surface area contributed by atoms with Gasteiger partial charge in [-0.15, -0.1) is 0 Å². The minimum absolute atomic E-state index is 0.293. The van der Waals surface area contributed by atoms with Crippen LogP contribution in [0, 0.1) is 5.92 Å². The molecule has 4 heteroatoms. The van der Waals surface area contributed by atoms with Crippen LogP contribution in [0.2, 0.25) is 0 Å². The number of hydrogen-bond acceptors (Lipinski definition) is 4. The predicted octanol–water partition coefficient (Wildman–Crippen LogP) is 2.68. The molecule has 1 rings (SSSR count). The molecule has 0 radical (unpaired) electrons. The Morgan fingerprint density at radius 2 is 2.24 bits per heavy atom. The molecular formula is C13H19NO3. The van der Waals surface area contributed by atoms with Crippen LogP contribution >= 0.6 is 0 Å². The predicted molar refractivity (Wildman–Crippen MR) is 65.1 cm³/mol. The van der Waals surface area contributed by atoms with E-state index in [0.717, 1.165) is 12.8 Å². The van der Waals surface area contributed by atoms with Crippen LogP contribution in [0.4, 0.5) is 0 Å². The van der Waals surface area contributed by atoms with Crippen molar-refractivity contribution >= 4 is 5.97 Å². The van der Waals surface area contributed by atoms with Crippen molar-refractivity contribution in [3.05, 3.63) is 24.0 Å². The molecule has 0 fully saturated rings. The van der Waals surface area contributed by atoms with E-state index in [4.69, 9.17) is 4.74 Å². The van der Waals surface area contributed by atoms with Crippen molar-refractivity contribution in [3.8, 4) is 5.75 Å². The molecule has 0 aromatic carbocycles. The summed E-state index contributed by atoms with van der Waals surface area (Å²) in [6, 6.07) is 3.34. The van der Waals surface area contributed by atoms with Gasteiger partial charge >= 0.3 is 5.97 Å². The van der Waals surface area contributed by atoms with Crippen molar-refractivity contribution in [2.45, 2.75) is 26.7 Å². The Morgan fingerprint density at radius 1 is 1.47 bits per heavy atom. The molecule has 0 aliphatic carbocycles. The Bertz CT molecular complexity index is 348. The average Bonchev–Trinajstić information content (AvgIpc) is 2.36. The summed E-state index contributed by atoms with van der Waals surface area (Å²) in [4.78, 5) is 15.1. The molecular weight excluding hydrogens is 218 g/mol. The van der Waals surface area contributed by atoms with E-state index < -0.39 is 5.97 Å². The standard InChI is InChI=1S/C13H19NO3/c1-4-5-10(2)9-17-11-6-7-12(14-8-11)13(15)16-3/h6-8,10H,4-5,9H2,1-3H3. The van der Waals surface area contributed by atoms with Crippen LogP contribution in [-0.2, 0) is 4.74 Å². The molecule has 0 saturated heterocycles. The Kier molecular flexibility index (Phi) is 5.46. The third-order valence-electron chi connectivity index (χ3n) is 2.45. The lowest BCUT2D eigenvalue weighted by Gasteiger charge is -2.11. The molecule has 1 aromatic heterocycles. The Morgan fingerprint density at radius 3 is 2.76 bits per heavy atom. The molecule has 1 unspecified atom stereocenters. The maximum absolute atomic E-state index is 11.2. The summed E-state index contributed by atoms with van der Waals surface area (Å²) < 4.78 is 10.1. The fourth-order valence-corrected chi connectivity index (χ4v) is 1.51. The number of nitrogens with zero attached hydrogens (tertiary/aromatic N) is 1. The molecule has 0 bridgehead atoms. The van der Waals surface area contributed by atoms with E-state index in [-0.39, 0.29) is 0 Å². The zero-order valence-electron chi connectivity index (χ0n) is 10.6. The van der Waals surface area contributed by atoms with Gasteiger partial charge in [-0.3, -0.25) is 0 Å². The third kappa shape index (κ3) is 4.43. The number of aromatic nitrogens is 1. The number of pyridine rings is 1. The van der Waals surface area contributed by atoms with Gasteiger partial charge in [0, 0.05) is 0 Å². The molecule has 1 heterocycles. The minimum atomic E-state index is -0.434. The van der Waals surface area contributed by atoms with Crippen molar-refractivity contribution < 1.29 is 14.3 Å². The van der Waals surface area contributed by atoms with Gasteiger partial charge in [-0.05, 0) is 24.5 Å². The first-order valence-corrected chi connectivity index (χ1v) is 5.84. The molecule has 0 spiro atoms. The molecule has 1 aromatic rings. The summed E-state index contributed by atoms with van der Waals surface area (Å²) in [5, 5.41) is 0. The lowest BCUT2D eigenvalue weighted by atomic mass is 10.1. The second-order valence-corrected chi connectivity index (χ2v) is 4.08. The van der Waals surface area contributed by atoms with Gasteiger partial charge in [0.15, 0.2) is 0 Å². The van der Waals surface area contributed by atoms with E-state index in [0.29, 0.717) is 24.0 Å².